The Balaban J connectivity index is 1.57. The number of amides is 1. The van der Waals surface area contributed by atoms with Gasteiger partial charge in [-0.15, -0.1) is 11.3 Å². The van der Waals surface area contributed by atoms with Crippen molar-refractivity contribution >= 4 is 50.0 Å². The highest BCUT2D eigenvalue weighted by Crippen LogP contribution is 2.40. The van der Waals surface area contributed by atoms with Crippen LogP contribution >= 0.6 is 23.1 Å². The largest absolute Gasteiger partial charge is 0.490 e. The summed E-state index contributed by atoms with van der Waals surface area (Å²) in [7, 11) is 1.78. The molecule has 0 radical (unpaired) electrons. The van der Waals surface area contributed by atoms with E-state index in [1.807, 2.05) is 40.9 Å². The quantitative estimate of drug-likeness (QED) is 0.568. The molecule has 1 aromatic carbocycles. The van der Waals surface area contributed by atoms with E-state index in [4.69, 9.17) is 9.47 Å². The zero-order chi connectivity index (χ0) is 22.1. The number of pyridine rings is 1. The summed E-state index contributed by atoms with van der Waals surface area (Å²) >= 11 is 3.26. The Bertz CT molecular complexity index is 1190. The van der Waals surface area contributed by atoms with Gasteiger partial charge in [-0.3, -0.25) is 14.5 Å². The number of thioether (sulfide) groups is 1. The molecular formula is C23H27N3O4S2. The second-order valence-electron chi connectivity index (χ2n) is 8.05. The maximum absolute atomic E-state index is 13.5. The van der Waals surface area contributed by atoms with Gasteiger partial charge in [-0.25, -0.2) is 0 Å². The second kappa shape index (κ2) is 9.43. The lowest BCUT2D eigenvalue weighted by atomic mass is 10.1. The molecule has 0 saturated carbocycles. The number of aromatic nitrogens is 1. The summed E-state index contributed by atoms with van der Waals surface area (Å²) in [5, 5.41) is 1.49. The lowest BCUT2D eigenvalue weighted by molar-refractivity contribution is 0.0323. The van der Waals surface area contributed by atoms with Crippen molar-refractivity contribution in [1.82, 2.24) is 14.4 Å². The van der Waals surface area contributed by atoms with Crippen LogP contribution in [0.25, 0.3) is 21.0 Å². The van der Waals surface area contributed by atoms with Gasteiger partial charge in [-0.05, 0) is 6.07 Å². The van der Waals surface area contributed by atoms with Crippen molar-refractivity contribution in [2.75, 3.05) is 64.1 Å². The number of hydrogen-bond acceptors (Lipinski definition) is 7. The van der Waals surface area contributed by atoms with Crippen LogP contribution in [0.15, 0.2) is 29.1 Å². The van der Waals surface area contributed by atoms with Crippen molar-refractivity contribution in [1.29, 1.82) is 0 Å². The number of ether oxygens (including phenoxy) is 2. The molecule has 2 aliphatic heterocycles. The number of nitrogens with zero attached hydrogens (tertiary/aromatic N) is 3. The van der Waals surface area contributed by atoms with Gasteiger partial charge in [0.2, 0.25) is 0 Å². The highest BCUT2D eigenvalue weighted by atomic mass is 32.2. The zero-order valence-corrected chi connectivity index (χ0v) is 19.8. The Kier molecular flexibility index (Phi) is 6.41. The third kappa shape index (κ3) is 4.03. The number of aryl methyl sites for hydroxylation is 1. The van der Waals surface area contributed by atoms with Crippen molar-refractivity contribution in [3.05, 3.63) is 39.5 Å². The first-order valence-electron chi connectivity index (χ1n) is 11.0. The normalized spacial score (nSPS) is 17.8. The van der Waals surface area contributed by atoms with Crippen LogP contribution in [0.1, 0.15) is 9.67 Å². The summed E-state index contributed by atoms with van der Waals surface area (Å²) in [6.07, 6.45) is 0. The monoisotopic (exact) mass is 473 g/mol. The van der Waals surface area contributed by atoms with Gasteiger partial charge in [0.05, 0.1) is 23.4 Å². The maximum atomic E-state index is 13.5. The molecular weight excluding hydrogens is 446 g/mol. The Labute approximate surface area is 194 Å². The average Bonchev–Trinajstić information content (AvgIpc) is 3.23. The fourth-order valence-corrected chi connectivity index (χ4v) is 6.47. The Hall–Kier alpha value is -2.07. The predicted molar refractivity (Wildman–Crippen MR) is 131 cm³/mol. The number of thiophene rings is 1. The van der Waals surface area contributed by atoms with Gasteiger partial charge >= 0.3 is 0 Å². The fraction of sp³-hybridized carbons (Fsp3) is 0.478. The van der Waals surface area contributed by atoms with E-state index in [0.29, 0.717) is 22.6 Å². The van der Waals surface area contributed by atoms with Gasteiger partial charge in [-0.1, -0.05) is 18.2 Å². The summed E-state index contributed by atoms with van der Waals surface area (Å²) in [5.41, 5.74) is 0.740. The molecule has 32 heavy (non-hydrogen) atoms. The predicted octanol–water partition coefficient (Wildman–Crippen LogP) is 2.65. The molecule has 0 bridgehead atoms. The van der Waals surface area contributed by atoms with Crippen LogP contribution in [0.3, 0.4) is 0 Å². The van der Waals surface area contributed by atoms with Crippen molar-refractivity contribution in [2.45, 2.75) is 0 Å². The molecule has 3 aromatic rings. The van der Waals surface area contributed by atoms with Crippen LogP contribution in [-0.4, -0.2) is 84.3 Å². The molecule has 0 aliphatic carbocycles. The molecule has 2 fully saturated rings. The van der Waals surface area contributed by atoms with Crippen molar-refractivity contribution < 1.29 is 14.3 Å². The van der Waals surface area contributed by atoms with Gasteiger partial charge < -0.3 is 18.9 Å². The van der Waals surface area contributed by atoms with Gasteiger partial charge in [0.25, 0.3) is 11.5 Å². The molecule has 7 nitrogen and oxygen atoms in total. The summed E-state index contributed by atoms with van der Waals surface area (Å²) in [6.45, 7) is 5.82. The van der Waals surface area contributed by atoms with Gasteiger partial charge in [-0.2, -0.15) is 11.8 Å². The van der Waals surface area contributed by atoms with Crippen LogP contribution in [-0.2, 0) is 11.8 Å². The summed E-state index contributed by atoms with van der Waals surface area (Å²) in [6, 6.07) is 7.85. The van der Waals surface area contributed by atoms with E-state index in [1.54, 1.807) is 11.6 Å². The maximum Gasteiger partial charge on any atom is 0.267 e. The molecule has 2 aliphatic rings. The Morgan fingerprint density at radius 1 is 1.12 bits per heavy atom. The van der Waals surface area contributed by atoms with Crippen LogP contribution in [0.4, 0.5) is 0 Å². The fourth-order valence-electron chi connectivity index (χ4n) is 4.33. The van der Waals surface area contributed by atoms with Crippen LogP contribution in [0.5, 0.6) is 5.75 Å². The molecule has 9 heteroatoms. The molecule has 1 amide bonds. The minimum Gasteiger partial charge on any atom is -0.490 e. The van der Waals surface area contributed by atoms with E-state index in [1.165, 1.54) is 11.3 Å². The number of morpholine rings is 1. The van der Waals surface area contributed by atoms with Crippen LogP contribution in [0.2, 0.25) is 0 Å². The highest BCUT2D eigenvalue weighted by Gasteiger charge is 2.28. The van der Waals surface area contributed by atoms with Crippen LogP contribution in [0, 0.1) is 0 Å². The minimum atomic E-state index is -0.121. The van der Waals surface area contributed by atoms with Crippen molar-refractivity contribution in [3.8, 4) is 5.75 Å². The first-order chi connectivity index (χ1) is 15.6. The van der Waals surface area contributed by atoms with E-state index in [2.05, 4.69) is 4.90 Å². The van der Waals surface area contributed by atoms with E-state index in [-0.39, 0.29) is 11.5 Å². The molecule has 0 spiro atoms. The number of fused-ring (bicyclic) bond motifs is 3. The second-order valence-corrected chi connectivity index (χ2v) is 10.3. The summed E-state index contributed by atoms with van der Waals surface area (Å²) < 4.78 is 14.2. The number of rotatable bonds is 5. The average molecular weight is 474 g/mol. The Morgan fingerprint density at radius 3 is 2.66 bits per heavy atom. The number of carbonyl (C=O) groups is 1. The van der Waals surface area contributed by atoms with E-state index in [9.17, 15) is 9.59 Å². The number of hydrogen-bond donors (Lipinski definition) is 0. The smallest absolute Gasteiger partial charge is 0.267 e. The van der Waals surface area contributed by atoms with Gasteiger partial charge in [0.1, 0.15) is 16.9 Å². The molecule has 0 N–H and O–H groups in total. The first-order valence-corrected chi connectivity index (χ1v) is 13.0. The number of carbonyl (C=O) groups excluding carboxylic acids is 1. The lowest BCUT2D eigenvalue weighted by Gasteiger charge is -2.27. The van der Waals surface area contributed by atoms with Crippen molar-refractivity contribution in [3.63, 3.8) is 0 Å². The van der Waals surface area contributed by atoms with Crippen LogP contribution < -0.4 is 10.3 Å². The number of benzene rings is 1. The lowest BCUT2D eigenvalue weighted by Crippen LogP contribution is -2.39. The number of para-hydroxylation sites is 1. The SMILES string of the molecule is Cn1c(=O)c2c(OCCN3CCOCC3)c(C(=O)N3CCSCC3)sc2c2ccccc21. The molecule has 2 saturated heterocycles. The third-order valence-corrected chi connectivity index (χ3v) is 8.28. The Morgan fingerprint density at radius 2 is 1.88 bits per heavy atom. The highest BCUT2D eigenvalue weighted by molar-refractivity contribution is 7.99. The molecule has 5 rings (SSSR count). The van der Waals surface area contributed by atoms with E-state index in [0.717, 1.165) is 73.0 Å². The zero-order valence-electron chi connectivity index (χ0n) is 18.2. The molecule has 170 valence electrons. The minimum absolute atomic E-state index is 0.0287. The molecule has 4 heterocycles. The van der Waals surface area contributed by atoms with Crippen molar-refractivity contribution in [2.24, 2.45) is 7.05 Å². The standard InChI is InChI=1S/C23H27N3O4S2/c1-24-17-5-3-2-4-16(17)20-18(22(24)27)19(30-13-8-25-6-11-29-12-7-25)21(32-20)23(28)26-9-14-31-15-10-26/h2-5H,6-15H2,1H3. The topological polar surface area (TPSA) is 64.0 Å². The summed E-state index contributed by atoms with van der Waals surface area (Å²) in [5.74, 6) is 2.30. The van der Waals surface area contributed by atoms with Gasteiger partial charge in [0, 0.05) is 56.7 Å². The van der Waals surface area contributed by atoms with Gasteiger partial charge in [0.15, 0.2) is 5.75 Å². The molecule has 2 aromatic heterocycles. The van der Waals surface area contributed by atoms with E-state index >= 15 is 0 Å². The molecule has 0 unspecified atom stereocenters. The summed E-state index contributed by atoms with van der Waals surface area (Å²) in [4.78, 5) is 31.6. The third-order valence-electron chi connectivity index (χ3n) is 6.14. The first kappa shape index (κ1) is 21.8. The molecule has 0 atom stereocenters. The van der Waals surface area contributed by atoms with E-state index < -0.39 is 0 Å².